The topological polar surface area (TPSA) is 93.8 Å². The molecule has 0 aromatic heterocycles. The highest BCUT2D eigenvalue weighted by atomic mass is 35.5. The maximum atomic E-state index is 12.0. The van der Waals surface area contributed by atoms with Crippen LogP contribution < -0.4 is 15.8 Å². The molecule has 0 saturated carbocycles. The Morgan fingerprint density at radius 3 is 2.50 bits per heavy atom. The number of nitrogen functional groups attached to an aromatic ring is 1. The molecule has 34 heavy (non-hydrogen) atoms. The number of rotatable bonds is 13. The van der Waals surface area contributed by atoms with E-state index in [9.17, 15) is 9.90 Å². The zero-order valence-electron chi connectivity index (χ0n) is 18.9. The van der Waals surface area contributed by atoms with Crippen LogP contribution in [-0.2, 0) is 9.53 Å². The summed E-state index contributed by atoms with van der Waals surface area (Å²) in [7, 11) is 0. The minimum absolute atomic E-state index is 0.106. The molecule has 8 heteroatoms. The summed E-state index contributed by atoms with van der Waals surface area (Å²) < 4.78 is 10.9. The molecule has 4 N–H and O–H groups in total. The number of carbonyl (C=O) groups excluding carboxylic acids is 1. The van der Waals surface area contributed by atoms with Crippen molar-refractivity contribution in [2.45, 2.75) is 31.8 Å². The lowest BCUT2D eigenvalue weighted by Crippen LogP contribution is -2.22. The van der Waals surface area contributed by atoms with Crippen molar-refractivity contribution in [3.8, 4) is 5.75 Å². The number of aliphatic hydroxyl groups excluding tert-OH is 1. The third-order valence-electron chi connectivity index (χ3n) is 5.43. The normalized spacial score (nSPS) is 12.0. The van der Waals surface area contributed by atoms with E-state index in [1.54, 1.807) is 12.1 Å². The second-order valence-electron chi connectivity index (χ2n) is 8.02. The highest BCUT2D eigenvalue weighted by Gasteiger charge is 2.12. The monoisotopic (exact) mass is 504 g/mol. The van der Waals surface area contributed by atoms with Gasteiger partial charge in [-0.05, 0) is 48.5 Å². The zero-order valence-corrected chi connectivity index (χ0v) is 20.4. The van der Waals surface area contributed by atoms with Crippen LogP contribution in [0, 0.1) is 0 Å². The lowest BCUT2D eigenvalue weighted by molar-refractivity contribution is -0.146. The van der Waals surface area contributed by atoms with Crippen LogP contribution in [0.2, 0.25) is 10.0 Å². The molecule has 0 radical (unpaired) electrons. The van der Waals surface area contributed by atoms with Crippen molar-refractivity contribution in [2.24, 2.45) is 0 Å². The number of benzene rings is 3. The number of aliphatic hydroxyl groups is 1. The van der Waals surface area contributed by atoms with Crippen molar-refractivity contribution in [2.75, 3.05) is 32.0 Å². The fourth-order valence-corrected chi connectivity index (χ4v) is 4.05. The van der Waals surface area contributed by atoms with Crippen LogP contribution >= 0.6 is 23.2 Å². The SMILES string of the molecule is Nc1c(Cl)cc(C(O)CNCCCCCCOC(=O)COc2cccc3ccccc23)cc1Cl. The Labute approximate surface area is 209 Å². The summed E-state index contributed by atoms with van der Waals surface area (Å²) in [4.78, 5) is 12.0. The molecule has 1 unspecified atom stereocenters. The highest BCUT2D eigenvalue weighted by Crippen LogP contribution is 2.31. The van der Waals surface area contributed by atoms with Crippen molar-refractivity contribution in [1.29, 1.82) is 0 Å². The third kappa shape index (κ3) is 7.77. The van der Waals surface area contributed by atoms with E-state index >= 15 is 0 Å². The minimum atomic E-state index is -0.717. The second-order valence-corrected chi connectivity index (χ2v) is 8.83. The average molecular weight is 505 g/mol. The Morgan fingerprint density at radius 1 is 1.00 bits per heavy atom. The number of halogens is 2. The van der Waals surface area contributed by atoms with E-state index in [4.69, 9.17) is 38.4 Å². The molecule has 3 aromatic carbocycles. The molecule has 0 spiro atoms. The van der Waals surface area contributed by atoms with E-state index in [2.05, 4.69) is 5.32 Å². The van der Waals surface area contributed by atoms with Gasteiger partial charge < -0.3 is 25.6 Å². The number of nitrogens with one attached hydrogen (secondary N) is 1. The molecule has 3 rings (SSSR count). The van der Waals surface area contributed by atoms with Crippen molar-refractivity contribution >= 4 is 45.6 Å². The van der Waals surface area contributed by atoms with Gasteiger partial charge in [0, 0.05) is 11.9 Å². The maximum Gasteiger partial charge on any atom is 0.344 e. The van der Waals surface area contributed by atoms with Gasteiger partial charge in [0.2, 0.25) is 0 Å². The zero-order chi connectivity index (χ0) is 24.3. The van der Waals surface area contributed by atoms with Gasteiger partial charge in [-0.2, -0.15) is 0 Å². The van der Waals surface area contributed by atoms with Crippen molar-refractivity contribution in [1.82, 2.24) is 5.32 Å². The molecular weight excluding hydrogens is 475 g/mol. The lowest BCUT2D eigenvalue weighted by atomic mass is 10.1. The predicted octanol–water partition coefficient (Wildman–Crippen LogP) is 5.53. The molecule has 1 atom stereocenters. The first-order valence-electron chi connectivity index (χ1n) is 11.3. The molecule has 0 fully saturated rings. The quantitative estimate of drug-likeness (QED) is 0.161. The van der Waals surface area contributed by atoms with E-state index in [0.717, 1.165) is 43.0 Å². The number of anilines is 1. The van der Waals surface area contributed by atoms with Crippen LogP contribution in [0.5, 0.6) is 5.75 Å². The number of ether oxygens (including phenoxy) is 2. The van der Waals surface area contributed by atoms with E-state index in [-0.39, 0.29) is 12.6 Å². The van der Waals surface area contributed by atoms with Gasteiger partial charge in [-0.3, -0.25) is 0 Å². The van der Waals surface area contributed by atoms with Gasteiger partial charge in [-0.25, -0.2) is 4.79 Å². The summed E-state index contributed by atoms with van der Waals surface area (Å²) >= 11 is 12.0. The Balaban J connectivity index is 1.22. The first-order valence-corrected chi connectivity index (χ1v) is 12.1. The van der Waals surface area contributed by atoms with Crippen LogP contribution in [0.15, 0.2) is 54.6 Å². The van der Waals surface area contributed by atoms with Crippen LogP contribution in [0.1, 0.15) is 37.4 Å². The maximum absolute atomic E-state index is 12.0. The van der Waals surface area contributed by atoms with Crippen molar-refractivity contribution < 1.29 is 19.4 Å². The second kappa shape index (κ2) is 13.4. The molecule has 3 aromatic rings. The number of hydrogen-bond donors (Lipinski definition) is 3. The van der Waals surface area contributed by atoms with Gasteiger partial charge in [0.05, 0.1) is 28.4 Å². The first kappa shape index (κ1) is 26.1. The molecular formula is C26H30Cl2N2O4. The molecule has 0 amide bonds. The molecule has 6 nitrogen and oxygen atoms in total. The summed E-state index contributed by atoms with van der Waals surface area (Å²) in [6.07, 6.45) is 2.97. The number of carbonyl (C=O) groups is 1. The number of esters is 1. The summed E-state index contributed by atoms with van der Waals surface area (Å²) in [6, 6.07) is 16.9. The van der Waals surface area contributed by atoms with Crippen LogP contribution in [0.25, 0.3) is 10.8 Å². The summed E-state index contributed by atoms with van der Waals surface area (Å²) in [5.74, 6) is 0.307. The highest BCUT2D eigenvalue weighted by molar-refractivity contribution is 6.38. The third-order valence-corrected chi connectivity index (χ3v) is 6.06. The minimum Gasteiger partial charge on any atom is -0.481 e. The number of unbranched alkanes of at least 4 members (excludes halogenated alkanes) is 3. The van der Waals surface area contributed by atoms with Crippen molar-refractivity contribution in [3.05, 3.63) is 70.2 Å². The van der Waals surface area contributed by atoms with Crippen LogP contribution in [-0.4, -0.2) is 37.4 Å². The first-order chi connectivity index (χ1) is 16.5. The predicted molar refractivity (Wildman–Crippen MR) is 138 cm³/mol. The largest absolute Gasteiger partial charge is 0.481 e. The molecule has 0 aliphatic rings. The van der Waals surface area contributed by atoms with E-state index in [0.29, 0.717) is 40.2 Å². The number of fused-ring (bicyclic) bond motifs is 1. The molecule has 0 saturated heterocycles. The van der Waals surface area contributed by atoms with Gasteiger partial charge in [-0.1, -0.05) is 72.4 Å². The van der Waals surface area contributed by atoms with E-state index in [1.165, 1.54) is 0 Å². The summed E-state index contributed by atoms with van der Waals surface area (Å²) in [6.45, 7) is 1.43. The Bertz CT molecular complexity index is 1070. The number of nitrogens with two attached hydrogens (primary N) is 1. The molecule has 0 aliphatic heterocycles. The molecule has 182 valence electrons. The lowest BCUT2D eigenvalue weighted by Gasteiger charge is -2.14. The Hall–Kier alpha value is -2.51. The fourth-order valence-electron chi connectivity index (χ4n) is 3.54. The van der Waals surface area contributed by atoms with Crippen molar-refractivity contribution in [3.63, 3.8) is 0 Å². The van der Waals surface area contributed by atoms with Gasteiger partial charge in [0.15, 0.2) is 6.61 Å². The molecule has 0 heterocycles. The fraction of sp³-hybridized carbons (Fsp3) is 0.346. The van der Waals surface area contributed by atoms with Crippen LogP contribution in [0.4, 0.5) is 5.69 Å². The van der Waals surface area contributed by atoms with Gasteiger partial charge in [0.1, 0.15) is 5.75 Å². The Kier molecular flexibility index (Phi) is 10.3. The molecule has 0 bridgehead atoms. The van der Waals surface area contributed by atoms with E-state index in [1.807, 2.05) is 42.5 Å². The van der Waals surface area contributed by atoms with Gasteiger partial charge in [0.25, 0.3) is 0 Å². The smallest absolute Gasteiger partial charge is 0.344 e. The number of hydrogen-bond acceptors (Lipinski definition) is 6. The van der Waals surface area contributed by atoms with Gasteiger partial charge >= 0.3 is 5.97 Å². The van der Waals surface area contributed by atoms with Crippen LogP contribution in [0.3, 0.4) is 0 Å². The molecule has 0 aliphatic carbocycles. The van der Waals surface area contributed by atoms with Gasteiger partial charge in [-0.15, -0.1) is 0 Å². The summed E-state index contributed by atoms with van der Waals surface area (Å²) in [5.41, 5.74) is 6.66. The standard InChI is InChI=1S/C26H30Cl2N2O4/c27-21-14-19(15-22(28)26(21)29)23(31)16-30-12-5-1-2-6-13-33-25(32)17-34-24-11-7-9-18-8-3-4-10-20(18)24/h3-4,7-11,14-15,23,30-31H,1-2,5-6,12-13,16-17,29H2. The Morgan fingerprint density at radius 2 is 1.71 bits per heavy atom. The summed E-state index contributed by atoms with van der Waals surface area (Å²) in [5, 5.41) is 16.2. The van der Waals surface area contributed by atoms with E-state index < -0.39 is 6.10 Å². The average Bonchev–Trinajstić information content (AvgIpc) is 2.84.